The topological polar surface area (TPSA) is 61.9 Å². The molecule has 2 aliphatic heterocycles. The number of piperazine rings is 1. The molecule has 3 rings (SSSR count). The molecule has 2 aliphatic rings. The molecule has 0 radical (unpaired) electrons. The van der Waals surface area contributed by atoms with Crippen molar-refractivity contribution in [2.24, 2.45) is 5.92 Å². The van der Waals surface area contributed by atoms with Crippen LogP contribution in [0.2, 0.25) is 0 Å². The summed E-state index contributed by atoms with van der Waals surface area (Å²) in [5, 5.41) is 3.12. The number of nitrogens with one attached hydrogen (secondary N) is 1. The molecule has 0 spiro atoms. The van der Waals surface area contributed by atoms with Gasteiger partial charge in [-0.3, -0.25) is 9.59 Å². The van der Waals surface area contributed by atoms with Crippen molar-refractivity contribution < 1.29 is 14.3 Å². The normalized spacial score (nSPS) is 18.2. The third-order valence-electron chi connectivity index (χ3n) is 4.63. The number of ether oxygens (including phenoxy) is 1. The second kappa shape index (κ2) is 7.21. The van der Waals surface area contributed by atoms with E-state index in [0.29, 0.717) is 26.2 Å². The molecule has 1 aromatic rings. The second-order valence-corrected chi connectivity index (χ2v) is 6.67. The first-order valence-corrected chi connectivity index (χ1v) is 8.51. The Morgan fingerprint density at radius 1 is 1.04 bits per heavy atom. The van der Waals surface area contributed by atoms with Crippen molar-refractivity contribution in [1.82, 2.24) is 15.1 Å². The van der Waals surface area contributed by atoms with Crippen molar-refractivity contribution in [2.75, 3.05) is 45.9 Å². The Bertz CT molecular complexity index is 600. The third-order valence-corrected chi connectivity index (χ3v) is 4.63. The molecule has 2 heterocycles. The molecule has 0 atom stereocenters. The highest BCUT2D eigenvalue weighted by Crippen LogP contribution is 2.16. The van der Waals surface area contributed by atoms with Crippen molar-refractivity contribution in [3.05, 3.63) is 29.3 Å². The maximum Gasteiger partial charge on any atom is 0.260 e. The lowest BCUT2D eigenvalue weighted by Crippen LogP contribution is -2.57. The first-order chi connectivity index (χ1) is 11.5. The monoisotopic (exact) mass is 331 g/mol. The maximum absolute atomic E-state index is 12.3. The van der Waals surface area contributed by atoms with E-state index in [2.05, 4.69) is 11.4 Å². The van der Waals surface area contributed by atoms with E-state index >= 15 is 0 Å². The summed E-state index contributed by atoms with van der Waals surface area (Å²) in [7, 11) is 0. The Morgan fingerprint density at radius 3 is 2.17 bits per heavy atom. The summed E-state index contributed by atoms with van der Waals surface area (Å²) in [5.74, 6) is 1.05. The van der Waals surface area contributed by atoms with Gasteiger partial charge in [0.25, 0.3) is 5.91 Å². The highest BCUT2D eigenvalue weighted by Gasteiger charge is 2.31. The predicted molar refractivity (Wildman–Crippen MR) is 90.9 cm³/mol. The predicted octanol–water partition coefficient (Wildman–Crippen LogP) is 0.572. The van der Waals surface area contributed by atoms with Crippen LogP contribution < -0.4 is 10.1 Å². The van der Waals surface area contributed by atoms with Crippen LogP contribution in [0.25, 0.3) is 0 Å². The van der Waals surface area contributed by atoms with E-state index in [0.717, 1.165) is 30.0 Å². The summed E-state index contributed by atoms with van der Waals surface area (Å²) >= 11 is 0. The van der Waals surface area contributed by atoms with Crippen LogP contribution in [0.3, 0.4) is 0 Å². The van der Waals surface area contributed by atoms with Crippen molar-refractivity contribution in [1.29, 1.82) is 0 Å². The zero-order valence-electron chi connectivity index (χ0n) is 14.4. The fourth-order valence-corrected chi connectivity index (χ4v) is 3.15. The van der Waals surface area contributed by atoms with Crippen LogP contribution in [-0.2, 0) is 9.59 Å². The molecule has 2 saturated heterocycles. The summed E-state index contributed by atoms with van der Waals surface area (Å²) in [4.78, 5) is 28.2. The largest absolute Gasteiger partial charge is 0.484 e. The number of benzene rings is 1. The Balaban J connectivity index is 1.45. The Labute approximate surface area is 142 Å². The number of hydrogen-bond donors (Lipinski definition) is 1. The lowest BCUT2D eigenvalue weighted by atomic mass is 10.0. The van der Waals surface area contributed by atoms with Crippen LogP contribution >= 0.6 is 0 Å². The van der Waals surface area contributed by atoms with Crippen LogP contribution in [0.5, 0.6) is 5.75 Å². The summed E-state index contributed by atoms with van der Waals surface area (Å²) in [6.45, 7) is 8.02. The summed E-state index contributed by atoms with van der Waals surface area (Å²) in [6, 6.07) is 5.94. The molecule has 0 bridgehead atoms. The number of nitrogens with zero attached hydrogens (tertiary/aromatic N) is 2. The average Bonchev–Trinajstić information content (AvgIpc) is 2.50. The van der Waals surface area contributed by atoms with Crippen molar-refractivity contribution in [3.63, 3.8) is 0 Å². The smallest absolute Gasteiger partial charge is 0.260 e. The number of amides is 2. The van der Waals surface area contributed by atoms with Gasteiger partial charge in [0.15, 0.2) is 6.61 Å². The molecule has 2 fully saturated rings. The maximum atomic E-state index is 12.3. The summed E-state index contributed by atoms with van der Waals surface area (Å²) in [6.07, 6.45) is 0. The molecule has 2 amide bonds. The van der Waals surface area contributed by atoms with Crippen molar-refractivity contribution >= 4 is 11.8 Å². The van der Waals surface area contributed by atoms with Gasteiger partial charge in [-0.2, -0.15) is 0 Å². The number of hydrogen-bond acceptors (Lipinski definition) is 4. The number of aryl methyl sites for hydroxylation is 2. The molecule has 6 nitrogen and oxygen atoms in total. The minimum atomic E-state index is -0.0217. The number of carbonyl (C=O) groups excluding carboxylic acids is 2. The van der Waals surface area contributed by atoms with Gasteiger partial charge in [0.2, 0.25) is 5.91 Å². The highest BCUT2D eigenvalue weighted by molar-refractivity contribution is 5.81. The van der Waals surface area contributed by atoms with E-state index < -0.39 is 0 Å². The zero-order valence-corrected chi connectivity index (χ0v) is 14.4. The molecule has 0 unspecified atom stereocenters. The number of rotatable bonds is 4. The van der Waals surface area contributed by atoms with Crippen LogP contribution in [0, 0.1) is 19.8 Å². The second-order valence-electron chi connectivity index (χ2n) is 6.67. The highest BCUT2D eigenvalue weighted by atomic mass is 16.5. The van der Waals surface area contributed by atoms with Gasteiger partial charge in [-0.1, -0.05) is 6.07 Å². The van der Waals surface area contributed by atoms with Gasteiger partial charge in [0.05, 0.1) is 5.92 Å². The Kier molecular flexibility index (Phi) is 5.04. The van der Waals surface area contributed by atoms with Gasteiger partial charge in [0.1, 0.15) is 5.75 Å². The van der Waals surface area contributed by atoms with Crippen molar-refractivity contribution in [2.45, 2.75) is 13.8 Å². The van der Waals surface area contributed by atoms with Gasteiger partial charge in [-0.25, -0.2) is 0 Å². The SMILES string of the molecule is Cc1cc(C)cc(OCC(=O)N2CCN(C(=O)C3CNC3)CC2)c1. The molecule has 0 saturated carbocycles. The average molecular weight is 331 g/mol. The first-order valence-electron chi connectivity index (χ1n) is 8.51. The van der Waals surface area contributed by atoms with Crippen LogP contribution in [0.4, 0.5) is 0 Å². The summed E-state index contributed by atoms with van der Waals surface area (Å²) < 4.78 is 5.64. The van der Waals surface area contributed by atoms with Gasteiger partial charge >= 0.3 is 0 Å². The van der Waals surface area contributed by atoms with E-state index in [1.807, 2.05) is 30.9 Å². The lowest BCUT2D eigenvalue weighted by Gasteiger charge is -2.38. The molecular weight excluding hydrogens is 306 g/mol. The van der Waals surface area contributed by atoms with E-state index in [4.69, 9.17) is 4.74 Å². The fourth-order valence-electron chi connectivity index (χ4n) is 3.15. The van der Waals surface area contributed by atoms with Crippen LogP contribution in [0.15, 0.2) is 18.2 Å². The minimum Gasteiger partial charge on any atom is -0.484 e. The van der Waals surface area contributed by atoms with E-state index in [-0.39, 0.29) is 24.3 Å². The molecule has 1 aromatic carbocycles. The Morgan fingerprint density at radius 2 is 1.62 bits per heavy atom. The van der Waals surface area contributed by atoms with E-state index in [9.17, 15) is 9.59 Å². The first kappa shape index (κ1) is 16.8. The molecule has 0 aromatic heterocycles. The quantitative estimate of drug-likeness (QED) is 0.876. The molecule has 0 aliphatic carbocycles. The van der Waals surface area contributed by atoms with Gasteiger partial charge < -0.3 is 19.9 Å². The zero-order chi connectivity index (χ0) is 17.1. The number of carbonyl (C=O) groups is 2. The van der Waals surface area contributed by atoms with E-state index in [1.54, 1.807) is 4.90 Å². The summed E-state index contributed by atoms with van der Waals surface area (Å²) in [5.41, 5.74) is 2.24. The van der Waals surface area contributed by atoms with Gasteiger partial charge in [-0.05, 0) is 37.1 Å². The molecular formula is C18H25N3O3. The fraction of sp³-hybridized carbons (Fsp3) is 0.556. The molecule has 24 heavy (non-hydrogen) atoms. The van der Waals surface area contributed by atoms with Crippen LogP contribution in [-0.4, -0.2) is 67.5 Å². The molecule has 130 valence electrons. The standard InChI is InChI=1S/C18H25N3O3/c1-13-7-14(2)9-16(8-13)24-12-17(22)20-3-5-21(6-4-20)18(23)15-10-19-11-15/h7-9,15,19H,3-6,10-12H2,1-2H3. The molecule has 1 N–H and O–H groups in total. The Hall–Kier alpha value is -2.08. The van der Waals surface area contributed by atoms with Gasteiger partial charge in [0, 0.05) is 39.3 Å². The van der Waals surface area contributed by atoms with Crippen LogP contribution in [0.1, 0.15) is 11.1 Å². The van der Waals surface area contributed by atoms with E-state index in [1.165, 1.54) is 0 Å². The third kappa shape index (κ3) is 3.87. The van der Waals surface area contributed by atoms with Crippen molar-refractivity contribution in [3.8, 4) is 5.75 Å². The minimum absolute atomic E-state index is 0.0217. The van der Waals surface area contributed by atoms with Gasteiger partial charge in [-0.15, -0.1) is 0 Å². The lowest BCUT2D eigenvalue weighted by molar-refractivity contribution is -0.144. The molecule has 6 heteroatoms.